The summed E-state index contributed by atoms with van der Waals surface area (Å²) in [6.45, 7) is 1.98. The molecule has 0 aliphatic carbocycles. The van der Waals surface area contributed by atoms with Crippen molar-refractivity contribution in [2.75, 3.05) is 0 Å². The number of ether oxygens (including phenoxy) is 1. The van der Waals surface area contributed by atoms with Crippen molar-refractivity contribution in [3.05, 3.63) is 71.3 Å². The first-order valence-corrected chi connectivity index (χ1v) is 6.09. The number of benzene rings is 2. The van der Waals surface area contributed by atoms with Crippen LogP contribution in [0, 0.1) is 29.6 Å². The first kappa shape index (κ1) is 13.4. The molecule has 0 saturated carbocycles. The SMILES string of the molecule is Cc1ccc(OC(=C(C#N)C#N)c2ccccc2)cc1. The number of hydrogen-bond acceptors (Lipinski definition) is 3. The molecule has 0 aromatic heterocycles. The van der Waals surface area contributed by atoms with Gasteiger partial charge in [-0.15, -0.1) is 0 Å². The quantitative estimate of drug-likeness (QED) is 0.622. The van der Waals surface area contributed by atoms with E-state index in [0.717, 1.165) is 5.56 Å². The molecule has 3 heteroatoms. The third kappa shape index (κ3) is 3.04. The lowest BCUT2D eigenvalue weighted by molar-refractivity contribution is 0.513. The van der Waals surface area contributed by atoms with Crippen LogP contribution in [0.3, 0.4) is 0 Å². The number of allylic oxidation sites excluding steroid dienone is 1. The molecule has 2 aromatic rings. The van der Waals surface area contributed by atoms with Crippen molar-refractivity contribution in [2.24, 2.45) is 0 Å². The molecule has 0 fully saturated rings. The maximum Gasteiger partial charge on any atom is 0.172 e. The van der Waals surface area contributed by atoms with E-state index in [1.807, 2.05) is 61.5 Å². The molecule has 3 nitrogen and oxygen atoms in total. The summed E-state index contributed by atoms with van der Waals surface area (Å²) < 4.78 is 5.73. The zero-order valence-electron chi connectivity index (χ0n) is 11.0. The summed E-state index contributed by atoms with van der Waals surface area (Å²) in [4.78, 5) is 0. The number of hydrogen-bond donors (Lipinski definition) is 0. The van der Waals surface area contributed by atoms with Gasteiger partial charge in [-0.3, -0.25) is 0 Å². The molecular formula is C17H12N2O. The van der Waals surface area contributed by atoms with Gasteiger partial charge in [0.05, 0.1) is 0 Å². The Labute approximate surface area is 118 Å². The monoisotopic (exact) mass is 260 g/mol. The average molecular weight is 260 g/mol. The Balaban J connectivity index is 2.45. The normalized spacial score (nSPS) is 9.15. The van der Waals surface area contributed by atoms with E-state index in [9.17, 15) is 0 Å². The summed E-state index contributed by atoms with van der Waals surface area (Å²) in [5, 5.41) is 18.1. The van der Waals surface area contributed by atoms with E-state index in [0.29, 0.717) is 11.3 Å². The van der Waals surface area contributed by atoms with Crippen molar-refractivity contribution < 1.29 is 4.74 Å². The van der Waals surface area contributed by atoms with E-state index >= 15 is 0 Å². The van der Waals surface area contributed by atoms with Crippen LogP contribution in [0.2, 0.25) is 0 Å². The van der Waals surface area contributed by atoms with Crippen LogP contribution in [0.4, 0.5) is 0 Å². The molecule has 0 heterocycles. The first-order chi connectivity index (χ1) is 9.74. The van der Waals surface area contributed by atoms with Crippen molar-refractivity contribution in [3.8, 4) is 17.9 Å². The Morgan fingerprint density at radius 1 is 0.900 bits per heavy atom. The van der Waals surface area contributed by atoms with Gasteiger partial charge in [0, 0.05) is 5.56 Å². The van der Waals surface area contributed by atoms with Crippen LogP contribution in [0.15, 0.2) is 60.2 Å². The van der Waals surface area contributed by atoms with E-state index in [1.165, 1.54) is 0 Å². The number of nitriles is 2. The van der Waals surface area contributed by atoms with Crippen LogP contribution in [0.25, 0.3) is 5.76 Å². The fourth-order valence-corrected chi connectivity index (χ4v) is 1.69. The van der Waals surface area contributed by atoms with Crippen LogP contribution in [0.5, 0.6) is 5.75 Å². The highest BCUT2D eigenvalue weighted by Crippen LogP contribution is 2.24. The first-order valence-electron chi connectivity index (χ1n) is 6.09. The molecule has 0 N–H and O–H groups in total. The zero-order chi connectivity index (χ0) is 14.4. The average Bonchev–Trinajstić information content (AvgIpc) is 2.50. The van der Waals surface area contributed by atoms with Crippen molar-refractivity contribution in [1.82, 2.24) is 0 Å². The molecule has 0 saturated heterocycles. The molecule has 0 spiro atoms. The third-order valence-corrected chi connectivity index (χ3v) is 2.73. The molecule has 0 atom stereocenters. The van der Waals surface area contributed by atoms with Crippen LogP contribution < -0.4 is 4.74 Å². The molecule has 0 aliphatic heterocycles. The second-order valence-corrected chi connectivity index (χ2v) is 4.21. The van der Waals surface area contributed by atoms with E-state index < -0.39 is 0 Å². The molecule has 0 aliphatic rings. The van der Waals surface area contributed by atoms with E-state index in [-0.39, 0.29) is 11.3 Å². The molecule has 96 valence electrons. The minimum Gasteiger partial charge on any atom is -0.455 e. The van der Waals surface area contributed by atoms with Gasteiger partial charge in [0.25, 0.3) is 0 Å². The molecule has 0 radical (unpaired) electrons. The number of rotatable bonds is 3. The summed E-state index contributed by atoms with van der Waals surface area (Å²) in [5.41, 5.74) is 1.77. The second kappa shape index (κ2) is 6.22. The molecule has 0 unspecified atom stereocenters. The Morgan fingerprint density at radius 3 is 2.05 bits per heavy atom. The summed E-state index contributed by atoms with van der Waals surface area (Å²) in [6.07, 6.45) is 0. The minimum absolute atomic E-state index is 0.0447. The van der Waals surface area contributed by atoms with Gasteiger partial charge < -0.3 is 4.74 Å². The molecule has 2 rings (SSSR count). The maximum atomic E-state index is 9.07. The Hall–Kier alpha value is -3.04. The van der Waals surface area contributed by atoms with Crippen LogP contribution in [-0.4, -0.2) is 0 Å². The van der Waals surface area contributed by atoms with Crippen molar-refractivity contribution in [1.29, 1.82) is 10.5 Å². The highest BCUT2D eigenvalue weighted by atomic mass is 16.5. The van der Waals surface area contributed by atoms with Crippen molar-refractivity contribution in [3.63, 3.8) is 0 Å². The Kier molecular flexibility index (Phi) is 4.17. The van der Waals surface area contributed by atoms with Gasteiger partial charge in [0.2, 0.25) is 0 Å². The fraction of sp³-hybridized carbons (Fsp3) is 0.0588. The van der Waals surface area contributed by atoms with Gasteiger partial charge in [0.15, 0.2) is 11.3 Å². The molecular weight excluding hydrogens is 248 g/mol. The largest absolute Gasteiger partial charge is 0.455 e. The van der Waals surface area contributed by atoms with Crippen LogP contribution in [-0.2, 0) is 0 Å². The Morgan fingerprint density at radius 2 is 1.50 bits per heavy atom. The topological polar surface area (TPSA) is 56.8 Å². The summed E-state index contributed by atoms with van der Waals surface area (Å²) in [7, 11) is 0. The summed E-state index contributed by atoms with van der Waals surface area (Å²) in [6, 6.07) is 20.3. The third-order valence-electron chi connectivity index (χ3n) is 2.73. The number of nitrogens with zero attached hydrogens (tertiary/aromatic N) is 2. The Bertz CT molecular complexity index is 685. The lowest BCUT2D eigenvalue weighted by atomic mass is 10.1. The highest BCUT2D eigenvalue weighted by molar-refractivity contribution is 5.72. The number of aryl methyl sites for hydroxylation is 1. The second-order valence-electron chi connectivity index (χ2n) is 4.21. The van der Waals surface area contributed by atoms with E-state index in [4.69, 9.17) is 15.3 Å². The lowest BCUT2D eigenvalue weighted by Crippen LogP contribution is -1.98. The van der Waals surface area contributed by atoms with Gasteiger partial charge in [-0.05, 0) is 19.1 Å². The molecule has 2 aromatic carbocycles. The van der Waals surface area contributed by atoms with Crippen molar-refractivity contribution in [2.45, 2.75) is 6.92 Å². The maximum absolute atomic E-state index is 9.07. The van der Waals surface area contributed by atoms with Gasteiger partial charge in [0.1, 0.15) is 17.9 Å². The fourth-order valence-electron chi connectivity index (χ4n) is 1.69. The van der Waals surface area contributed by atoms with Gasteiger partial charge in [-0.25, -0.2) is 0 Å². The molecule has 0 bridgehead atoms. The van der Waals surface area contributed by atoms with Crippen LogP contribution in [0.1, 0.15) is 11.1 Å². The minimum atomic E-state index is -0.0447. The van der Waals surface area contributed by atoms with Crippen LogP contribution >= 0.6 is 0 Å². The summed E-state index contributed by atoms with van der Waals surface area (Å²) in [5.74, 6) is 0.872. The van der Waals surface area contributed by atoms with E-state index in [1.54, 1.807) is 12.1 Å². The van der Waals surface area contributed by atoms with Gasteiger partial charge in [-0.1, -0.05) is 48.0 Å². The van der Waals surface area contributed by atoms with Gasteiger partial charge >= 0.3 is 0 Å². The van der Waals surface area contributed by atoms with E-state index in [2.05, 4.69) is 0 Å². The van der Waals surface area contributed by atoms with Gasteiger partial charge in [-0.2, -0.15) is 10.5 Å². The predicted molar refractivity (Wildman–Crippen MR) is 76.4 cm³/mol. The predicted octanol–water partition coefficient (Wildman–Crippen LogP) is 3.83. The molecule has 0 amide bonds. The van der Waals surface area contributed by atoms with Crippen molar-refractivity contribution >= 4 is 5.76 Å². The smallest absolute Gasteiger partial charge is 0.172 e. The highest BCUT2D eigenvalue weighted by Gasteiger charge is 2.11. The molecule has 20 heavy (non-hydrogen) atoms. The lowest BCUT2D eigenvalue weighted by Gasteiger charge is -2.10. The standard InChI is InChI=1S/C17H12N2O/c1-13-7-9-16(10-8-13)20-17(15(11-18)12-19)14-5-3-2-4-6-14/h2-10H,1H3. The summed E-state index contributed by atoms with van der Waals surface area (Å²) >= 11 is 0. The zero-order valence-corrected chi connectivity index (χ0v) is 11.0.